The number of carbonyl (C=O) groups excluding carboxylic acids is 1. The van der Waals surface area contributed by atoms with Crippen molar-refractivity contribution >= 4 is 5.91 Å². The van der Waals surface area contributed by atoms with Gasteiger partial charge in [-0.25, -0.2) is 0 Å². The number of nitrogens with zero attached hydrogens (tertiary/aromatic N) is 2. The minimum Gasteiger partial charge on any atom is -0.463 e. The molecule has 1 fully saturated rings. The minimum atomic E-state index is -0.0514. The molecule has 1 atom stereocenters. The molecule has 0 bridgehead atoms. The number of rotatable bonds is 5. The standard InChI is InChI=1S/C15H19N3O3/c19-8-2-5-11-4-1-7-18(11)15(20)13-10-12(16-17-13)14-6-3-9-21-14/h3,6,9-11,19H,1-2,4-5,7-8H2,(H,16,17). The highest BCUT2D eigenvalue weighted by atomic mass is 16.3. The second-order valence-electron chi connectivity index (χ2n) is 5.30. The molecule has 1 aliphatic heterocycles. The number of hydrogen-bond donors (Lipinski definition) is 2. The lowest BCUT2D eigenvalue weighted by molar-refractivity contribution is 0.0718. The molecule has 2 aromatic rings. The minimum absolute atomic E-state index is 0.0514. The summed E-state index contributed by atoms with van der Waals surface area (Å²) in [6.45, 7) is 0.932. The first-order valence-electron chi connectivity index (χ1n) is 7.30. The third-order valence-corrected chi connectivity index (χ3v) is 3.92. The third-order valence-electron chi connectivity index (χ3n) is 3.92. The molecule has 2 N–H and O–H groups in total. The zero-order valence-corrected chi connectivity index (χ0v) is 11.8. The summed E-state index contributed by atoms with van der Waals surface area (Å²) in [5, 5.41) is 15.9. The normalized spacial score (nSPS) is 18.3. The van der Waals surface area contributed by atoms with Crippen LogP contribution in [0, 0.1) is 0 Å². The van der Waals surface area contributed by atoms with Crippen molar-refractivity contribution in [3.63, 3.8) is 0 Å². The fraction of sp³-hybridized carbons (Fsp3) is 0.467. The van der Waals surface area contributed by atoms with Gasteiger partial charge in [-0.2, -0.15) is 5.10 Å². The molecule has 6 heteroatoms. The third kappa shape index (κ3) is 2.85. The van der Waals surface area contributed by atoms with Gasteiger partial charge in [-0.3, -0.25) is 9.89 Å². The number of nitrogens with one attached hydrogen (secondary N) is 1. The van der Waals surface area contributed by atoms with Gasteiger partial charge in [0.25, 0.3) is 5.91 Å². The molecule has 0 radical (unpaired) electrons. The fourth-order valence-corrected chi connectivity index (χ4v) is 2.87. The number of aliphatic hydroxyl groups excluding tert-OH is 1. The van der Waals surface area contributed by atoms with Gasteiger partial charge in [-0.1, -0.05) is 0 Å². The highest BCUT2D eigenvalue weighted by Gasteiger charge is 2.30. The molecular formula is C15H19N3O3. The van der Waals surface area contributed by atoms with E-state index in [1.165, 1.54) is 0 Å². The highest BCUT2D eigenvalue weighted by molar-refractivity contribution is 5.93. The van der Waals surface area contributed by atoms with Gasteiger partial charge in [-0.15, -0.1) is 0 Å². The summed E-state index contributed by atoms with van der Waals surface area (Å²) in [6.07, 6.45) is 5.17. The van der Waals surface area contributed by atoms with E-state index in [9.17, 15) is 4.79 Å². The number of H-pyrrole nitrogens is 1. The first-order valence-corrected chi connectivity index (χ1v) is 7.30. The van der Waals surface area contributed by atoms with Crippen LogP contribution in [0.5, 0.6) is 0 Å². The Balaban J connectivity index is 1.73. The van der Waals surface area contributed by atoms with Gasteiger partial charge in [0.1, 0.15) is 5.69 Å². The predicted molar refractivity (Wildman–Crippen MR) is 76.7 cm³/mol. The van der Waals surface area contributed by atoms with Gasteiger partial charge in [0, 0.05) is 25.3 Å². The molecule has 3 rings (SSSR count). The molecule has 1 unspecified atom stereocenters. The molecule has 1 amide bonds. The Morgan fingerprint density at radius 1 is 1.57 bits per heavy atom. The van der Waals surface area contributed by atoms with Crippen LogP contribution in [0.15, 0.2) is 28.9 Å². The molecule has 1 saturated heterocycles. The fourth-order valence-electron chi connectivity index (χ4n) is 2.87. The summed E-state index contributed by atoms with van der Waals surface area (Å²) in [5.74, 6) is 0.615. The quantitative estimate of drug-likeness (QED) is 0.882. The van der Waals surface area contributed by atoms with Crippen LogP contribution < -0.4 is 0 Å². The molecule has 0 saturated carbocycles. The number of carbonyl (C=O) groups is 1. The number of hydrogen-bond acceptors (Lipinski definition) is 4. The summed E-state index contributed by atoms with van der Waals surface area (Å²) < 4.78 is 5.29. The van der Waals surface area contributed by atoms with Crippen LogP contribution in [0.3, 0.4) is 0 Å². The van der Waals surface area contributed by atoms with E-state index in [0.29, 0.717) is 17.1 Å². The van der Waals surface area contributed by atoms with Gasteiger partial charge in [0.2, 0.25) is 0 Å². The molecule has 112 valence electrons. The van der Waals surface area contributed by atoms with Crippen LogP contribution in [-0.4, -0.2) is 45.3 Å². The van der Waals surface area contributed by atoms with Crippen molar-refractivity contribution in [1.29, 1.82) is 0 Å². The van der Waals surface area contributed by atoms with Crippen LogP contribution >= 0.6 is 0 Å². The number of likely N-dealkylation sites (tertiary alicyclic amines) is 1. The second kappa shape index (κ2) is 6.13. The first kappa shape index (κ1) is 13.9. The van der Waals surface area contributed by atoms with Crippen LogP contribution in [-0.2, 0) is 0 Å². The van der Waals surface area contributed by atoms with Crippen molar-refractivity contribution in [3.05, 3.63) is 30.2 Å². The first-order chi connectivity index (χ1) is 10.3. The predicted octanol–water partition coefficient (Wildman–Crippen LogP) is 2.05. The Kier molecular flexibility index (Phi) is 4.06. The Morgan fingerprint density at radius 3 is 3.24 bits per heavy atom. The van der Waals surface area contributed by atoms with Gasteiger partial charge >= 0.3 is 0 Å². The number of furan rings is 1. The Hall–Kier alpha value is -2.08. The monoisotopic (exact) mass is 289 g/mol. The summed E-state index contributed by atoms with van der Waals surface area (Å²) >= 11 is 0. The van der Waals surface area contributed by atoms with Crippen LogP contribution in [0.4, 0.5) is 0 Å². The van der Waals surface area contributed by atoms with Gasteiger partial charge in [-0.05, 0) is 37.8 Å². The topological polar surface area (TPSA) is 82.4 Å². The van der Waals surface area contributed by atoms with E-state index in [1.807, 2.05) is 11.0 Å². The van der Waals surface area contributed by atoms with E-state index in [0.717, 1.165) is 32.2 Å². The van der Waals surface area contributed by atoms with Crippen molar-refractivity contribution < 1.29 is 14.3 Å². The molecule has 2 aromatic heterocycles. The molecule has 0 aliphatic carbocycles. The number of aliphatic hydroxyl groups is 1. The van der Waals surface area contributed by atoms with Crippen molar-refractivity contribution in [1.82, 2.24) is 15.1 Å². The molecule has 0 aromatic carbocycles. The van der Waals surface area contributed by atoms with Gasteiger partial charge in [0.05, 0.1) is 6.26 Å². The zero-order chi connectivity index (χ0) is 14.7. The lowest BCUT2D eigenvalue weighted by Crippen LogP contribution is -2.35. The molecule has 0 spiro atoms. The average molecular weight is 289 g/mol. The van der Waals surface area contributed by atoms with Crippen molar-refractivity contribution in [2.75, 3.05) is 13.2 Å². The number of aromatic amines is 1. The smallest absolute Gasteiger partial charge is 0.274 e. The molecule has 6 nitrogen and oxygen atoms in total. The molecule has 21 heavy (non-hydrogen) atoms. The van der Waals surface area contributed by atoms with E-state index in [1.54, 1.807) is 18.4 Å². The number of aromatic nitrogens is 2. The Bertz CT molecular complexity index is 591. The number of amides is 1. The van der Waals surface area contributed by atoms with Crippen molar-refractivity contribution in [3.8, 4) is 11.5 Å². The van der Waals surface area contributed by atoms with Crippen LogP contribution in [0.25, 0.3) is 11.5 Å². The summed E-state index contributed by atoms with van der Waals surface area (Å²) in [4.78, 5) is 14.4. The maximum Gasteiger partial charge on any atom is 0.274 e. The molecular weight excluding hydrogens is 270 g/mol. The maximum absolute atomic E-state index is 12.6. The molecule has 3 heterocycles. The summed E-state index contributed by atoms with van der Waals surface area (Å²) in [5.41, 5.74) is 1.12. The summed E-state index contributed by atoms with van der Waals surface area (Å²) in [7, 11) is 0. The van der Waals surface area contributed by atoms with E-state index >= 15 is 0 Å². The van der Waals surface area contributed by atoms with E-state index in [2.05, 4.69) is 10.2 Å². The van der Waals surface area contributed by atoms with E-state index in [-0.39, 0.29) is 18.6 Å². The zero-order valence-electron chi connectivity index (χ0n) is 11.8. The average Bonchev–Trinajstić information content (AvgIpc) is 3.24. The van der Waals surface area contributed by atoms with E-state index < -0.39 is 0 Å². The highest BCUT2D eigenvalue weighted by Crippen LogP contribution is 2.24. The Morgan fingerprint density at radius 2 is 2.48 bits per heavy atom. The van der Waals surface area contributed by atoms with Gasteiger partial charge in [0.15, 0.2) is 11.5 Å². The van der Waals surface area contributed by atoms with Crippen molar-refractivity contribution in [2.45, 2.75) is 31.7 Å². The maximum atomic E-state index is 12.6. The second-order valence-corrected chi connectivity index (χ2v) is 5.30. The van der Waals surface area contributed by atoms with Crippen LogP contribution in [0.1, 0.15) is 36.2 Å². The largest absolute Gasteiger partial charge is 0.463 e. The molecule has 1 aliphatic rings. The van der Waals surface area contributed by atoms with Crippen LogP contribution in [0.2, 0.25) is 0 Å². The summed E-state index contributed by atoms with van der Waals surface area (Å²) in [6, 6.07) is 5.56. The SMILES string of the molecule is O=C(c1cc(-c2ccco2)[nH]n1)N1CCCC1CCCO. The van der Waals surface area contributed by atoms with Gasteiger partial charge < -0.3 is 14.4 Å². The lowest BCUT2D eigenvalue weighted by atomic mass is 10.1. The Labute approximate surface area is 122 Å². The lowest BCUT2D eigenvalue weighted by Gasteiger charge is -2.23. The van der Waals surface area contributed by atoms with Crippen molar-refractivity contribution in [2.24, 2.45) is 0 Å². The van der Waals surface area contributed by atoms with E-state index in [4.69, 9.17) is 9.52 Å².